The van der Waals surface area contributed by atoms with Crippen molar-refractivity contribution in [2.45, 2.75) is 44.1 Å². The number of rotatable bonds is 11. The quantitative estimate of drug-likeness (QED) is 0.150. The number of ether oxygens (including phenoxy) is 1. The van der Waals surface area contributed by atoms with E-state index in [9.17, 15) is 23.6 Å². The van der Waals surface area contributed by atoms with E-state index >= 15 is 4.39 Å². The molecule has 0 aliphatic heterocycles. The summed E-state index contributed by atoms with van der Waals surface area (Å²) in [5.74, 6) is -4.44. The number of nitriles is 1. The molecule has 1 atom stereocenters. The minimum atomic E-state index is -3.59. The van der Waals surface area contributed by atoms with Gasteiger partial charge in [0.25, 0.3) is 11.5 Å². The fraction of sp³-hybridized carbons (Fsp3) is 0.407. The van der Waals surface area contributed by atoms with Crippen molar-refractivity contribution in [3.8, 4) is 6.07 Å². The topological polar surface area (TPSA) is 109 Å². The van der Waals surface area contributed by atoms with Crippen LogP contribution in [0.25, 0.3) is 0 Å². The number of alkyl halides is 2. The van der Waals surface area contributed by atoms with E-state index < -0.39 is 35.4 Å². The first-order chi connectivity index (χ1) is 18.1. The number of amidine groups is 1. The standard InChI is InChI=1S/C27H30F3N5O3/c1-5-6-12-38-15-27(29,30)20-9-7-8-18(22(20)28)17(2)34-23(33-16-36)19-13-21(26(14-31)10-11-26)25(37)35(4)24(19)32-3/h5-9,13,16-17,32H,10-12,15H2,1-4H3,(H,33,34,36)/b6-5-/t17-/m1/s1. The van der Waals surface area contributed by atoms with Crippen molar-refractivity contribution < 1.29 is 22.7 Å². The molecule has 1 fully saturated rings. The molecule has 1 aliphatic rings. The van der Waals surface area contributed by atoms with Crippen LogP contribution in [0.4, 0.5) is 19.0 Å². The number of pyridine rings is 1. The zero-order chi connectivity index (χ0) is 28.1. The summed E-state index contributed by atoms with van der Waals surface area (Å²) in [6.07, 6.45) is 4.63. The summed E-state index contributed by atoms with van der Waals surface area (Å²) in [4.78, 5) is 28.9. The van der Waals surface area contributed by atoms with Gasteiger partial charge in [-0.25, -0.2) is 4.39 Å². The number of amides is 1. The van der Waals surface area contributed by atoms with E-state index in [1.54, 1.807) is 26.1 Å². The molecule has 38 heavy (non-hydrogen) atoms. The lowest BCUT2D eigenvalue weighted by atomic mass is 9.96. The van der Waals surface area contributed by atoms with E-state index in [1.807, 2.05) is 0 Å². The lowest BCUT2D eigenvalue weighted by Crippen LogP contribution is -2.33. The van der Waals surface area contributed by atoms with Gasteiger partial charge in [-0.3, -0.25) is 19.1 Å². The van der Waals surface area contributed by atoms with Crippen LogP contribution in [0, 0.1) is 17.1 Å². The summed E-state index contributed by atoms with van der Waals surface area (Å²) in [5, 5.41) is 15.0. The molecule has 0 saturated heterocycles. The number of aromatic nitrogens is 1. The van der Waals surface area contributed by atoms with Gasteiger partial charge in [0, 0.05) is 25.2 Å². The van der Waals surface area contributed by atoms with Crippen molar-refractivity contribution in [3.05, 3.63) is 74.8 Å². The average molecular weight is 530 g/mol. The molecule has 1 amide bonds. The third-order valence-electron chi connectivity index (χ3n) is 6.51. The molecule has 2 N–H and O–H groups in total. The van der Waals surface area contributed by atoms with Gasteiger partial charge >= 0.3 is 0 Å². The van der Waals surface area contributed by atoms with E-state index in [0.717, 1.165) is 6.07 Å². The molecule has 0 radical (unpaired) electrons. The summed E-state index contributed by atoms with van der Waals surface area (Å²) in [5.41, 5.74) is -1.68. The van der Waals surface area contributed by atoms with Crippen LogP contribution in [-0.4, -0.2) is 37.1 Å². The molecule has 0 bridgehead atoms. The highest BCUT2D eigenvalue weighted by molar-refractivity contribution is 6.07. The number of nitrogens with zero attached hydrogens (tertiary/aromatic N) is 3. The van der Waals surface area contributed by atoms with Crippen LogP contribution in [0.2, 0.25) is 0 Å². The molecule has 8 nitrogen and oxygen atoms in total. The monoisotopic (exact) mass is 529 g/mol. The molecule has 202 valence electrons. The first kappa shape index (κ1) is 28.7. The van der Waals surface area contributed by atoms with E-state index in [4.69, 9.17) is 4.74 Å². The largest absolute Gasteiger partial charge is 0.374 e. The number of anilines is 1. The molecule has 0 unspecified atom stereocenters. The normalized spacial score (nSPS) is 15.7. The van der Waals surface area contributed by atoms with Gasteiger partial charge in [0.1, 0.15) is 24.1 Å². The Morgan fingerprint density at radius 2 is 2.11 bits per heavy atom. The molecule has 1 heterocycles. The predicted molar refractivity (Wildman–Crippen MR) is 138 cm³/mol. The Kier molecular flexibility index (Phi) is 8.78. The summed E-state index contributed by atoms with van der Waals surface area (Å²) in [6, 6.07) is 6.31. The van der Waals surface area contributed by atoms with E-state index in [1.165, 1.54) is 36.7 Å². The number of nitrogens with one attached hydrogen (secondary N) is 2. The molecule has 1 aliphatic carbocycles. The Morgan fingerprint density at radius 1 is 1.39 bits per heavy atom. The third kappa shape index (κ3) is 5.65. The van der Waals surface area contributed by atoms with Crippen molar-refractivity contribution in [1.82, 2.24) is 9.88 Å². The smallest absolute Gasteiger partial charge is 0.298 e. The van der Waals surface area contributed by atoms with Crippen LogP contribution >= 0.6 is 0 Å². The number of benzene rings is 1. The van der Waals surface area contributed by atoms with Gasteiger partial charge in [0.15, 0.2) is 0 Å². The van der Waals surface area contributed by atoms with Crippen LogP contribution in [0.3, 0.4) is 0 Å². The number of hydrogen-bond donors (Lipinski definition) is 2. The zero-order valence-electron chi connectivity index (χ0n) is 21.6. The number of halogens is 3. The molecule has 1 aromatic carbocycles. The van der Waals surface area contributed by atoms with Gasteiger partial charge in [-0.2, -0.15) is 14.0 Å². The first-order valence-corrected chi connectivity index (χ1v) is 12.0. The van der Waals surface area contributed by atoms with Crippen molar-refractivity contribution in [3.63, 3.8) is 0 Å². The van der Waals surface area contributed by atoms with Gasteiger partial charge < -0.3 is 15.4 Å². The van der Waals surface area contributed by atoms with Crippen LogP contribution in [0.15, 0.2) is 46.2 Å². The maximum absolute atomic E-state index is 15.4. The SMILES string of the molecule is C/C=C\COCC(F)(F)c1cccc([C@@H](C)N=C(NC=O)c2cc(C3(C#N)CC3)c(=O)n(C)c2NC)c1F. The van der Waals surface area contributed by atoms with Gasteiger partial charge in [0.2, 0.25) is 6.41 Å². The molecule has 1 aromatic heterocycles. The molecule has 11 heteroatoms. The third-order valence-corrected chi connectivity index (χ3v) is 6.51. The number of carbonyl (C=O) groups is 1. The summed E-state index contributed by atoms with van der Waals surface area (Å²) >= 11 is 0. The number of aliphatic imine (C=N–C) groups is 1. The molecule has 0 spiro atoms. The number of hydrogen-bond acceptors (Lipinski definition) is 6. The molecular formula is C27H30F3N5O3. The number of allylic oxidation sites excluding steroid dienone is 1. The summed E-state index contributed by atoms with van der Waals surface area (Å²) in [6.45, 7) is 2.19. The average Bonchev–Trinajstić information content (AvgIpc) is 3.69. The Hall–Kier alpha value is -3.91. The predicted octanol–water partition coefficient (Wildman–Crippen LogP) is 4.06. The summed E-state index contributed by atoms with van der Waals surface area (Å²) < 4.78 is 51.2. The van der Waals surface area contributed by atoms with Crippen molar-refractivity contribution in [2.24, 2.45) is 12.0 Å². The first-order valence-electron chi connectivity index (χ1n) is 12.0. The number of carbonyl (C=O) groups excluding carboxylic acids is 1. The Morgan fingerprint density at radius 3 is 2.68 bits per heavy atom. The minimum absolute atomic E-state index is 0.0197. The Bertz CT molecular complexity index is 1360. The lowest BCUT2D eigenvalue weighted by Gasteiger charge is -2.21. The second-order valence-electron chi connectivity index (χ2n) is 9.04. The Labute approximate surface area is 218 Å². The van der Waals surface area contributed by atoms with Crippen molar-refractivity contribution in [2.75, 3.05) is 25.6 Å². The van der Waals surface area contributed by atoms with E-state index in [2.05, 4.69) is 21.7 Å². The molecular weight excluding hydrogens is 499 g/mol. The highest BCUT2D eigenvalue weighted by atomic mass is 19.3. The van der Waals surface area contributed by atoms with Crippen molar-refractivity contribution in [1.29, 1.82) is 5.26 Å². The zero-order valence-corrected chi connectivity index (χ0v) is 21.6. The van der Waals surface area contributed by atoms with Gasteiger partial charge in [-0.15, -0.1) is 0 Å². The second-order valence-corrected chi connectivity index (χ2v) is 9.04. The molecule has 1 saturated carbocycles. The fourth-order valence-corrected chi connectivity index (χ4v) is 4.22. The van der Waals surface area contributed by atoms with Crippen LogP contribution in [-0.2, 0) is 27.9 Å². The maximum atomic E-state index is 15.4. The van der Waals surface area contributed by atoms with Crippen LogP contribution in [0.5, 0.6) is 0 Å². The van der Waals surface area contributed by atoms with Gasteiger partial charge in [-0.05, 0) is 38.8 Å². The van der Waals surface area contributed by atoms with E-state index in [0.29, 0.717) is 30.6 Å². The second kappa shape index (κ2) is 11.6. The van der Waals surface area contributed by atoms with Gasteiger partial charge in [0.05, 0.1) is 35.3 Å². The minimum Gasteiger partial charge on any atom is -0.374 e. The fourth-order valence-electron chi connectivity index (χ4n) is 4.22. The molecule has 2 aromatic rings. The van der Waals surface area contributed by atoms with Gasteiger partial charge in [-0.1, -0.05) is 24.3 Å². The highest BCUT2D eigenvalue weighted by Gasteiger charge is 2.47. The van der Waals surface area contributed by atoms with Crippen molar-refractivity contribution >= 4 is 18.1 Å². The molecule has 3 rings (SSSR count). The maximum Gasteiger partial charge on any atom is 0.298 e. The van der Waals surface area contributed by atoms with Crippen LogP contribution in [0.1, 0.15) is 55.0 Å². The Balaban J connectivity index is 2.07. The highest BCUT2D eigenvalue weighted by Crippen LogP contribution is 2.46. The lowest BCUT2D eigenvalue weighted by molar-refractivity contribution is -0.108. The van der Waals surface area contributed by atoms with E-state index in [-0.39, 0.29) is 29.1 Å². The summed E-state index contributed by atoms with van der Waals surface area (Å²) in [7, 11) is 3.08. The van der Waals surface area contributed by atoms with Crippen LogP contribution < -0.4 is 16.2 Å².